The van der Waals surface area contributed by atoms with Crippen molar-refractivity contribution in [2.75, 3.05) is 7.11 Å². The number of nitrogens with two attached hydrogens (primary N) is 1. The molecule has 0 saturated heterocycles. The Balaban J connectivity index is 2.52. The van der Waals surface area contributed by atoms with E-state index >= 15 is 0 Å². The van der Waals surface area contributed by atoms with Crippen LogP contribution in [0.4, 0.5) is 0 Å². The molecule has 3 heteroatoms. The minimum atomic E-state index is 0.148. The quantitative estimate of drug-likeness (QED) is 0.815. The first kappa shape index (κ1) is 11.8. The van der Waals surface area contributed by atoms with Gasteiger partial charge in [0.05, 0.1) is 7.11 Å². The second kappa shape index (κ2) is 4.68. The van der Waals surface area contributed by atoms with Crippen LogP contribution in [0.2, 0.25) is 0 Å². The minimum absolute atomic E-state index is 0.148. The fourth-order valence-electron chi connectivity index (χ4n) is 2.39. The second-order valence-electron chi connectivity index (χ2n) is 4.44. The normalized spacial score (nSPS) is 24.8. The SMILES string of the molecule is COc1ccc(C)c2c1CSC(C)CC2N. The monoisotopic (exact) mass is 237 g/mol. The molecule has 0 amide bonds. The van der Waals surface area contributed by atoms with Crippen molar-refractivity contribution < 1.29 is 4.74 Å². The van der Waals surface area contributed by atoms with Crippen LogP contribution in [0.1, 0.15) is 36.1 Å². The Labute approximate surface area is 102 Å². The van der Waals surface area contributed by atoms with Crippen molar-refractivity contribution in [3.05, 3.63) is 28.8 Å². The fraction of sp³-hybridized carbons (Fsp3) is 0.538. The number of benzene rings is 1. The van der Waals surface area contributed by atoms with Crippen LogP contribution < -0.4 is 10.5 Å². The van der Waals surface area contributed by atoms with E-state index in [1.165, 1.54) is 16.7 Å². The van der Waals surface area contributed by atoms with Gasteiger partial charge in [0.25, 0.3) is 0 Å². The number of rotatable bonds is 1. The Kier molecular flexibility index (Phi) is 3.45. The zero-order chi connectivity index (χ0) is 11.7. The Bertz CT molecular complexity index is 392. The highest BCUT2D eigenvalue weighted by Gasteiger charge is 2.23. The average molecular weight is 237 g/mol. The number of aryl methyl sites for hydroxylation is 1. The lowest BCUT2D eigenvalue weighted by Gasteiger charge is -2.18. The first-order valence-corrected chi connectivity index (χ1v) is 6.72. The molecule has 0 aromatic heterocycles. The number of ether oxygens (including phenoxy) is 1. The summed E-state index contributed by atoms with van der Waals surface area (Å²) >= 11 is 1.96. The van der Waals surface area contributed by atoms with E-state index in [9.17, 15) is 0 Å². The zero-order valence-electron chi connectivity index (χ0n) is 10.1. The standard InChI is InChI=1S/C13H19NOS/c1-8-4-5-12(15-3)10-7-16-9(2)6-11(14)13(8)10/h4-5,9,11H,6-7,14H2,1-3H3. The molecule has 1 aliphatic rings. The first-order valence-electron chi connectivity index (χ1n) is 5.67. The summed E-state index contributed by atoms with van der Waals surface area (Å²) in [5, 5.41) is 0.617. The van der Waals surface area contributed by atoms with Crippen LogP contribution >= 0.6 is 11.8 Å². The molecule has 2 atom stereocenters. The summed E-state index contributed by atoms with van der Waals surface area (Å²) in [7, 11) is 1.73. The lowest BCUT2D eigenvalue weighted by Crippen LogP contribution is -2.15. The highest BCUT2D eigenvalue weighted by Crippen LogP contribution is 2.39. The predicted octanol–water partition coefficient (Wildman–Crippen LogP) is 3.03. The number of methoxy groups -OCH3 is 1. The van der Waals surface area contributed by atoms with Crippen molar-refractivity contribution in [1.29, 1.82) is 0 Å². The van der Waals surface area contributed by atoms with Gasteiger partial charge in [-0.2, -0.15) is 11.8 Å². The van der Waals surface area contributed by atoms with Crippen molar-refractivity contribution in [1.82, 2.24) is 0 Å². The molecule has 2 unspecified atom stereocenters. The molecule has 0 fully saturated rings. The molecule has 0 spiro atoms. The number of fused-ring (bicyclic) bond motifs is 1. The van der Waals surface area contributed by atoms with Gasteiger partial charge in [0.15, 0.2) is 0 Å². The van der Waals surface area contributed by atoms with Gasteiger partial charge in [-0.15, -0.1) is 0 Å². The van der Waals surface area contributed by atoms with E-state index in [4.69, 9.17) is 10.5 Å². The summed E-state index contributed by atoms with van der Waals surface area (Å²) in [5.41, 5.74) is 10.2. The predicted molar refractivity (Wildman–Crippen MR) is 70.0 cm³/mol. The van der Waals surface area contributed by atoms with E-state index in [1.807, 2.05) is 11.8 Å². The Morgan fingerprint density at radius 3 is 2.88 bits per heavy atom. The van der Waals surface area contributed by atoms with Crippen LogP contribution in [-0.2, 0) is 5.75 Å². The molecule has 1 aliphatic heterocycles. The van der Waals surface area contributed by atoms with Gasteiger partial charge in [-0.1, -0.05) is 13.0 Å². The van der Waals surface area contributed by atoms with Crippen molar-refractivity contribution in [3.8, 4) is 5.75 Å². The van der Waals surface area contributed by atoms with Gasteiger partial charge in [-0.05, 0) is 30.5 Å². The molecular weight excluding hydrogens is 218 g/mol. The lowest BCUT2D eigenvalue weighted by molar-refractivity contribution is 0.410. The lowest BCUT2D eigenvalue weighted by atomic mass is 9.93. The van der Waals surface area contributed by atoms with Gasteiger partial charge in [-0.25, -0.2) is 0 Å². The third-order valence-corrected chi connectivity index (χ3v) is 4.44. The van der Waals surface area contributed by atoms with Gasteiger partial charge in [-0.3, -0.25) is 0 Å². The summed E-state index contributed by atoms with van der Waals surface area (Å²) in [6.07, 6.45) is 1.05. The van der Waals surface area contributed by atoms with Crippen molar-refractivity contribution in [2.45, 2.75) is 37.3 Å². The van der Waals surface area contributed by atoms with Crippen LogP contribution in [0, 0.1) is 6.92 Å². The second-order valence-corrected chi connectivity index (χ2v) is 5.87. The number of thioether (sulfide) groups is 1. The summed E-state index contributed by atoms with van der Waals surface area (Å²) in [5.74, 6) is 1.99. The topological polar surface area (TPSA) is 35.2 Å². The van der Waals surface area contributed by atoms with Crippen molar-refractivity contribution in [2.24, 2.45) is 5.73 Å². The van der Waals surface area contributed by atoms with Crippen LogP contribution in [0.5, 0.6) is 5.75 Å². The maximum atomic E-state index is 6.29. The molecule has 16 heavy (non-hydrogen) atoms. The largest absolute Gasteiger partial charge is 0.496 e. The molecule has 2 rings (SSSR count). The summed E-state index contributed by atoms with van der Waals surface area (Å²) in [6.45, 7) is 4.39. The van der Waals surface area contributed by atoms with E-state index in [1.54, 1.807) is 7.11 Å². The van der Waals surface area contributed by atoms with E-state index in [-0.39, 0.29) is 6.04 Å². The third kappa shape index (κ3) is 2.06. The molecule has 0 aliphatic carbocycles. The van der Waals surface area contributed by atoms with Crippen LogP contribution in [0.3, 0.4) is 0 Å². The maximum Gasteiger partial charge on any atom is 0.123 e. The smallest absolute Gasteiger partial charge is 0.123 e. The van der Waals surface area contributed by atoms with Crippen molar-refractivity contribution in [3.63, 3.8) is 0 Å². The highest BCUT2D eigenvalue weighted by molar-refractivity contribution is 7.99. The summed E-state index contributed by atoms with van der Waals surface area (Å²) < 4.78 is 5.44. The third-order valence-electron chi connectivity index (χ3n) is 3.22. The summed E-state index contributed by atoms with van der Waals surface area (Å²) in [6, 6.07) is 4.31. The van der Waals surface area contributed by atoms with E-state index in [2.05, 4.69) is 26.0 Å². The average Bonchev–Trinajstić information content (AvgIpc) is 2.39. The molecule has 0 radical (unpaired) electrons. The van der Waals surface area contributed by atoms with Gasteiger partial charge in [0.2, 0.25) is 0 Å². The highest BCUT2D eigenvalue weighted by atomic mass is 32.2. The van der Waals surface area contributed by atoms with Crippen LogP contribution in [0.25, 0.3) is 0 Å². The Hall–Kier alpha value is -0.670. The molecule has 1 heterocycles. The molecule has 88 valence electrons. The van der Waals surface area contributed by atoms with E-state index in [0.29, 0.717) is 5.25 Å². The molecule has 0 bridgehead atoms. The molecule has 2 nitrogen and oxygen atoms in total. The molecular formula is C13H19NOS. The molecule has 2 N–H and O–H groups in total. The van der Waals surface area contributed by atoms with Crippen LogP contribution in [0.15, 0.2) is 12.1 Å². The first-order chi connectivity index (χ1) is 7.63. The van der Waals surface area contributed by atoms with Gasteiger partial charge in [0, 0.05) is 22.6 Å². The van der Waals surface area contributed by atoms with Gasteiger partial charge in [0.1, 0.15) is 5.75 Å². The molecule has 1 aromatic carbocycles. The van der Waals surface area contributed by atoms with E-state index in [0.717, 1.165) is 17.9 Å². The van der Waals surface area contributed by atoms with Gasteiger partial charge < -0.3 is 10.5 Å². The van der Waals surface area contributed by atoms with E-state index < -0.39 is 0 Å². The number of hydrogen-bond donors (Lipinski definition) is 1. The van der Waals surface area contributed by atoms with Crippen LogP contribution in [-0.4, -0.2) is 12.4 Å². The van der Waals surface area contributed by atoms with Gasteiger partial charge >= 0.3 is 0 Å². The summed E-state index contributed by atoms with van der Waals surface area (Å²) in [4.78, 5) is 0. The fourth-order valence-corrected chi connectivity index (χ4v) is 3.48. The maximum absolute atomic E-state index is 6.29. The number of hydrogen-bond acceptors (Lipinski definition) is 3. The molecule has 0 saturated carbocycles. The Morgan fingerprint density at radius 2 is 2.19 bits per heavy atom. The molecule has 1 aromatic rings. The Morgan fingerprint density at radius 1 is 1.44 bits per heavy atom. The minimum Gasteiger partial charge on any atom is -0.496 e. The van der Waals surface area contributed by atoms with Crippen molar-refractivity contribution >= 4 is 11.8 Å². The zero-order valence-corrected chi connectivity index (χ0v) is 10.9.